The van der Waals surface area contributed by atoms with Crippen molar-refractivity contribution < 1.29 is 9.47 Å². The maximum absolute atomic E-state index is 6.25. The van der Waals surface area contributed by atoms with Crippen LogP contribution in [0.25, 0.3) is 0 Å². The van der Waals surface area contributed by atoms with Gasteiger partial charge in [-0.2, -0.15) is 0 Å². The van der Waals surface area contributed by atoms with E-state index >= 15 is 0 Å². The van der Waals surface area contributed by atoms with Crippen LogP contribution in [0.3, 0.4) is 0 Å². The maximum Gasteiger partial charge on any atom is 0.0678 e. The maximum atomic E-state index is 6.25. The Morgan fingerprint density at radius 1 is 0.958 bits per heavy atom. The summed E-state index contributed by atoms with van der Waals surface area (Å²) >= 11 is 0. The molecule has 4 heteroatoms. The summed E-state index contributed by atoms with van der Waals surface area (Å²) in [5.74, 6) is 0.754. The van der Waals surface area contributed by atoms with E-state index in [0.29, 0.717) is 18.3 Å². The lowest BCUT2D eigenvalue weighted by atomic mass is 9.88. The van der Waals surface area contributed by atoms with Crippen molar-refractivity contribution in [3.63, 3.8) is 0 Å². The molecule has 3 aliphatic rings. The molecule has 2 aliphatic heterocycles. The smallest absolute Gasteiger partial charge is 0.0678 e. The van der Waals surface area contributed by atoms with Crippen molar-refractivity contribution in [1.29, 1.82) is 0 Å². The molecule has 0 N–H and O–H groups in total. The summed E-state index contributed by atoms with van der Waals surface area (Å²) in [6.07, 6.45) is 9.33. The van der Waals surface area contributed by atoms with Gasteiger partial charge >= 0.3 is 0 Å². The van der Waals surface area contributed by atoms with Gasteiger partial charge in [-0.05, 0) is 52.0 Å². The van der Waals surface area contributed by atoms with E-state index in [9.17, 15) is 0 Å². The molecule has 3 fully saturated rings. The first-order valence-corrected chi connectivity index (χ1v) is 10.3. The lowest BCUT2D eigenvalue weighted by molar-refractivity contribution is -0.0733. The number of nitrogens with zero attached hydrogens (tertiary/aromatic N) is 2. The van der Waals surface area contributed by atoms with Crippen molar-refractivity contribution in [2.24, 2.45) is 5.92 Å². The highest BCUT2D eigenvalue weighted by Crippen LogP contribution is 2.26. The molecule has 2 saturated heterocycles. The molecular weight excluding hydrogens is 300 g/mol. The quantitative estimate of drug-likeness (QED) is 0.743. The minimum Gasteiger partial charge on any atom is -0.377 e. The molecule has 0 radical (unpaired) electrons. The monoisotopic (exact) mass is 338 g/mol. The van der Waals surface area contributed by atoms with Crippen LogP contribution in [0.4, 0.5) is 0 Å². The number of hydrogen-bond acceptors (Lipinski definition) is 4. The molecule has 1 aliphatic carbocycles. The summed E-state index contributed by atoms with van der Waals surface area (Å²) in [6, 6.07) is 0.717. The third-order valence-corrected chi connectivity index (χ3v) is 6.21. The summed E-state index contributed by atoms with van der Waals surface area (Å²) in [4.78, 5) is 5.30. The van der Waals surface area contributed by atoms with Crippen LogP contribution in [0, 0.1) is 5.92 Å². The highest BCUT2D eigenvalue weighted by Gasteiger charge is 2.30. The second-order valence-corrected chi connectivity index (χ2v) is 8.48. The minimum atomic E-state index is 0.375. The minimum absolute atomic E-state index is 0.375. The van der Waals surface area contributed by atoms with Gasteiger partial charge in [-0.3, -0.25) is 9.80 Å². The third kappa shape index (κ3) is 5.17. The first-order chi connectivity index (χ1) is 11.6. The summed E-state index contributed by atoms with van der Waals surface area (Å²) in [5, 5.41) is 0. The molecule has 0 aromatic carbocycles. The van der Waals surface area contributed by atoms with Gasteiger partial charge in [0, 0.05) is 32.2 Å². The van der Waals surface area contributed by atoms with Gasteiger partial charge in [0.05, 0.1) is 24.9 Å². The van der Waals surface area contributed by atoms with Gasteiger partial charge in [0.25, 0.3) is 0 Å². The molecule has 2 heterocycles. The SMILES string of the molecule is C[C@@H]1CN(C[C@@H]2CCCN2CCO[C@@H]2CCCC[C@H]2C)C[C@@H](C)O1. The van der Waals surface area contributed by atoms with Crippen LogP contribution in [-0.4, -0.2) is 73.5 Å². The Labute approximate surface area is 148 Å². The van der Waals surface area contributed by atoms with Crippen molar-refractivity contribution in [1.82, 2.24) is 9.80 Å². The Balaban J connectivity index is 1.40. The zero-order valence-electron chi connectivity index (χ0n) is 16.1. The molecule has 0 spiro atoms. The summed E-state index contributed by atoms with van der Waals surface area (Å²) < 4.78 is 12.1. The van der Waals surface area contributed by atoms with Crippen LogP contribution in [-0.2, 0) is 9.47 Å². The molecule has 1 saturated carbocycles. The summed E-state index contributed by atoms with van der Waals surface area (Å²) in [7, 11) is 0. The van der Waals surface area contributed by atoms with Crippen molar-refractivity contribution in [2.45, 2.75) is 83.6 Å². The van der Waals surface area contributed by atoms with E-state index in [-0.39, 0.29) is 0 Å². The van der Waals surface area contributed by atoms with Crippen LogP contribution in [0.1, 0.15) is 59.3 Å². The molecule has 0 bridgehead atoms. The van der Waals surface area contributed by atoms with E-state index in [1.807, 2.05) is 0 Å². The number of likely N-dealkylation sites (tertiary alicyclic amines) is 1. The van der Waals surface area contributed by atoms with Crippen LogP contribution < -0.4 is 0 Å². The van der Waals surface area contributed by atoms with Crippen LogP contribution >= 0.6 is 0 Å². The standard InChI is InChI=1S/C20H38N2O2/c1-16-7-4-5-9-20(16)23-12-11-22-10-6-8-19(22)15-21-13-17(2)24-18(3)14-21/h16-20H,4-15H2,1-3H3/t16-,17-,18-,19+,20-/m1/s1. The Morgan fingerprint density at radius 2 is 1.71 bits per heavy atom. The number of hydrogen-bond donors (Lipinski definition) is 0. The molecule has 0 aromatic heterocycles. The van der Waals surface area contributed by atoms with Gasteiger partial charge in [-0.15, -0.1) is 0 Å². The van der Waals surface area contributed by atoms with Gasteiger partial charge in [0.2, 0.25) is 0 Å². The molecule has 0 amide bonds. The molecule has 24 heavy (non-hydrogen) atoms. The van der Waals surface area contributed by atoms with E-state index in [4.69, 9.17) is 9.47 Å². The van der Waals surface area contributed by atoms with E-state index in [0.717, 1.165) is 38.2 Å². The van der Waals surface area contributed by atoms with E-state index in [1.165, 1.54) is 51.6 Å². The summed E-state index contributed by atoms with van der Waals surface area (Å²) in [5.41, 5.74) is 0. The average molecular weight is 339 g/mol. The Kier molecular flexibility index (Phi) is 6.97. The first kappa shape index (κ1) is 18.6. The van der Waals surface area contributed by atoms with Crippen LogP contribution in [0.5, 0.6) is 0 Å². The van der Waals surface area contributed by atoms with Gasteiger partial charge in [-0.25, -0.2) is 0 Å². The fraction of sp³-hybridized carbons (Fsp3) is 1.00. The number of morpholine rings is 1. The highest BCUT2D eigenvalue weighted by molar-refractivity contribution is 4.84. The first-order valence-electron chi connectivity index (χ1n) is 10.3. The molecule has 4 nitrogen and oxygen atoms in total. The van der Waals surface area contributed by atoms with Gasteiger partial charge < -0.3 is 9.47 Å². The van der Waals surface area contributed by atoms with Crippen molar-refractivity contribution in [3.8, 4) is 0 Å². The van der Waals surface area contributed by atoms with E-state index in [1.54, 1.807) is 0 Å². The van der Waals surface area contributed by atoms with E-state index in [2.05, 4.69) is 30.6 Å². The van der Waals surface area contributed by atoms with Gasteiger partial charge in [0.15, 0.2) is 0 Å². The topological polar surface area (TPSA) is 24.9 Å². The molecule has 0 aromatic rings. The predicted molar refractivity (Wildman–Crippen MR) is 98.4 cm³/mol. The molecule has 0 unspecified atom stereocenters. The normalized spacial score (nSPS) is 39.4. The average Bonchev–Trinajstić information content (AvgIpc) is 2.95. The van der Waals surface area contributed by atoms with E-state index < -0.39 is 0 Å². The fourth-order valence-electron chi connectivity index (χ4n) is 4.98. The predicted octanol–water partition coefficient (Wildman–Crippen LogP) is 3.16. The Bertz CT molecular complexity index is 369. The van der Waals surface area contributed by atoms with Gasteiger partial charge in [0.1, 0.15) is 0 Å². The number of ether oxygens (including phenoxy) is 2. The Hall–Kier alpha value is -0.160. The van der Waals surface area contributed by atoms with Crippen LogP contribution in [0.15, 0.2) is 0 Å². The van der Waals surface area contributed by atoms with Gasteiger partial charge in [-0.1, -0.05) is 19.8 Å². The molecule has 140 valence electrons. The third-order valence-electron chi connectivity index (χ3n) is 6.21. The van der Waals surface area contributed by atoms with Crippen molar-refractivity contribution >= 4 is 0 Å². The molecule has 3 rings (SSSR count). The zero-order valence-corrected chi connectivity index (χ0v) is 16.1. The fourth-order valence-corrected chi connectivity index (χ4v) is 4.98. The second kappa shape index (κ2) is 8.98. The molecular formula is C20H38N2O2. The lowest BCUT2D eigenvalue weighted by Gasteiger charge is -2.38. The molecule has 5 atom stereocenters. The zero-order chi connectivity index (χ0) is 16.9. The van der Waals surface area contributed by atoms with Crippen LogP contribution in [0.2, 0.25) is 0 Å². The largest absolute Gasteiger partial charge is 0.377 e. The van der Waals surface area contributed by atoms with Crippen molar-refractivity contribution in [2.75, 3.05) is 39.3 Å². The lowest BCUT2D eigenvalue weighted by Crippen LogP contribution is -2.50. The van der Waals surface area contributed by atoms with Crippen molar-refractivity contribution in [3.05, 3.63) is 0 Å². The highest BCUT2D eigenvalue weighted by atomic mass is 16.5. The number of rotatable bonds is 6. The Morgan fingerprint density at radius 3 is 2.46 bits per heavy atom. The summed E-state index contributed by atoms with van der Waals surface area (Å²) in [6.45, 7) is 13.4. The second-order valence-electron chi connectivity index (χ2n) is 8.48.